The topological polar surface area (TPSA) is 52.6 Å². The Morgan fingerprint density at radius 1 is 1.30 bits per heavy atom. The first-order valence-corrected chi connectivity index (χ1v) is 12.6. The quantitative estimate of drug-likeness (QED) is 0.314. The molecular formula is C21H27IO4S. The Labute approximate surface area is 176 Å². The van der Waals surface area contributed by atoms with Gasteiger partial charge in [0.1, 0.15) is 5.60 Å². The molecule has 1 aromatic rings. The summed E-state index contributed by atoms with van der Waals surface area (Å²) >= 11 is 2.37. The summed E-state index contributed by atoms with van der Waals surface area (Å²) in [6.07, 6.45) is 4.19. The summed E-state index contributed by atoms with van der Waals surface area (Å²) in [6.45, 7) is 5.74. The number of hydrogen-bond donors (Lipinski definition) is 0. The van der Waals surface area contributed by atoms with Crippen LogP contribution in [0, 0.1) is 0 Å². The Morgan fingerprint density at radius 3 is 2.70 bits per heavy atom. The largest absolute Gasteiger partial charge is 0.372 e. The standard InChI is InChI=1S/C21H27IO4S/c1-3-16(2)13-17-9-10-20-21(15-22,26-17)14-18(25-20)11-12-27(23,24)19-7-5-4-6-8-19/h4-8,17-18,20H,1,9-15H2,2H3/t17-,18+,20+,21-/m1/s1. The van der Waals surface area contributed by atoms with Gasteiger partial charge < -0.3 is 9.47 Å². The lowest BCUT2D eigenvalue weighted by Crippen LogP contribution is -2.49. The molecule has 0 spiro atoms. The summed E-state index contributed by atoms with van der Waals surface area (Å²) in [5.41, 5.74) is 3.77. The molecule has 0 amide bonds. The fraction of sp³-hybridized carbons (Fsp3) is 0.571. The number of benzene rings is 1. The Morgan fingerprint density at radius 2 is 2.04 bits per heavy atom. The van der Waals surface area contributed by atoms with Crippen LogP contribution in [0.25, 0.3) is 0 Å². The van der Waals surface area contributed by atoms with Crippen LogP contribution < -0.4 is 0 Å². The van der Waals surface area contributed by atoms with Crippen LogP contribution in [0.15, 0.2) is 53.1 Å². The average Bonchev–Trinajstić information content (AvgIpc) is 3.05. The van der Waals surface area contributed by atoms with Gasteiger partial charge in [-0.1, -0.05) is 47.4 Å². The van der Waals surface area contributed by atoms with Crippen molar-refractivity contribution in [3.8, 4) is 0 Å². The highest BCUT2D eigenvalue weighted by molar-refractivity contribution is 14.1. The molecule has 4 nitrogen and oxygen atoms in total. The molecule has 6 heteroatoms. The highest BCUT2D eigenvalue weighted by Crippen LogP contribution is 2.44. The molecule has 2 fully saturated rings. The highest BCUT2D eigenvalue weighted by Gasteiger charge is 2.52. The van der Waals surface area contributed by atoms with Crippen molar-refractivity contribution in [3.63, 3.8) is 0 Å². The molecule has 2 heterocycles. The summed E-state index contributed by atoms with van der Waals surface area (Å²) in [7, 11) is -3.28. The van der Waals surface area contributed by atoms with Gasteiger partial charge in [-0.2, -0.15) is 0 Å². The van der Waals surface area contributed by atoms with Gasteiger partial charge in [-0.15, -0.1) is 5.73 Å². The van der Waals surface area contributed by atoms with Gasteiger partial charge in [0, 0.05) is 17.3 Å². The van der Waals surface area contributed by atoms with Gasteiger partial charge in [0.05, 0.1) is 29.0 Å². The molecule has 3 rings (SSSR count). The van der Waals surface area contributed by atoms with E-state index in [2.05, 4.69) is 34.9 Å². The zero-order valence-corrected chi connectivity index (χ0v) is 18.7. The third kappa shape index (κ3) is 4.85. The van der Waals surface area contributed by atoms with Crippen molar-refractivity contribution < 1.29 is 17.9 Å². The predicted octanol–water partition coefficient (Wildman–Crippen LogP) is 4.48. The molecule has 0 N–H and O–H groups in total. The van der Waals surface area contributed by atoms with Crippen molar-refractivity contribution in [1.29, 1.82) is 0 Å². The third-order valence-corrected chi connectivity index (χ3v) is 8.60. The fourth-order valence-electron chi connectivity index (χ4n) is 4.04. The van der Waals surface area contributed by atoms with Crippen LogP contribution in [-0.4, -0.2) is 42.5 Å². The number of rotatable bonds is 7. The second-order valence-electron chi connectivity index (χ2n) is 7.55. The van der Waals surface area contributed by atoms with E-state index in [1.54, 1.807) is 24.3 Å². The molecule has 2 aliphatic rings. The average molecular weight is 502 g/mol. The van der Waals surface area contributed by atoms with Crippen molar-refractivity contribution in [2.75, 3.05) is 10.2 Å². The molecule has 2 aliphatic heterocycles. The first-order chi connectivity index (χ1) is 12.9. The Hall–Kier alpha value is -0.660. The molecule has 27 heavy (non-hydrogen) atoms. The smallest absolute Gasteiger partial charge is 0.178 e. The lowest BCUT2D eigenvalue weighted by atomic mass is 9.87. The van der Waals surface area contributed by atoms with E-state index in [1.165, 1.54) is 0 Å². The summed E-state index contributed by atoms with van der Waals surface area (Å²) in [5, 5.41) is 0. The molecule has 148 valence electrons. The minimum Gasteiger partial charge on any atom is -0.372 e. The number of ether oxygens (including phenoxy) is 2. The lowest BCUT2D eigenvalue weighted by Gasteiger charge is -2.41. The Bertz CT molecular complexity index is 801. The molecular weight excluding hydrogens is 475 g/mol. The van der Waals surface area contributed by atoms with E-state index in [0.29, 0.717) is 11.3 Å². The van der Waals surface area contributed by atoms with E-state index < -0.39 is 9.84 Å². The Kier molecular flexibility index (Phi) is 6.85. The van der Waals surface area contributed by atoms with Crippen LogP contribution in [0.3, 0.4) is 0 Å². The van der Waals surface area contributed by atoms with E-state index in [9.17, 15) is 8.42 Å². The second kappa shape index (κ2) is 8.78. The summed E-state index contributed by atoms with van der Waals surface area (Å²) in [4.78, 5) is 0.381. The maximum atomic E-state index is 12.6. The molecule has 4 atom stereocenters. The van der Waals surface area contributed by atoms with Crippen LogP contribution in [0.5, 0.6) is 0 Å². The number of alkyl halides is 1. The SMILES string of the molecule is C=C=C(C)C[C@H]1CC[C@@H]2O[C@@H](CCS(=O)(=O)c3ccccc3)C[C@]2(CI)O1. The molecule has 0 aliphatic carbocycles. The van der Waals surface area contributed by atoms with Crippen molar-refractivity contribution in [2.45, 2.75) is 67.8 Å². The van der Waals surface area contributed by atoms with Gasteiger partial charge >= 0.3 is 0 Å². The minimum atomic E-state index is -3.28. The Balaban J connectivity index is 1.63. The number of fused-ring (bicyclic) bond motifs is 1. The van der Waals surface area contributed by atoms with Gasteiger partial charge in [-0.3, -0.25) is 0 Å². The van der Waals surface area contributed by atoms with Crippen LogP contribution in [0.1, 0.15) is 39.0 Å². The van der Waals surface area contributed by atoms with Gasteiger partial charge in [-0.05, 0) is 43.9 Å². The zero-order valence-electron chi connectivity index (χ0n) is 15.7. The summed E-state index contributed by atoms with van der Waals surface area (Å²) in [5.74, 6) is 0.105. The number of sulfone groups is 1. The molecule has 2 saturated heterocycles. The van der Waals surface area contributed by atoms with Crippen LogP contribution >= 0.6 is 22.6 Å². The molecule has 0 unspecified atom stereocenters. The van der Waals surface area contributed by atoms with Crippen LogP contribution in [0.4, 0.5) is 0 Å². The number of halogens is 1. The van der Waals surface area contributed by atoms with E-state index in [1.807, 2.05) is 13.0 Å². The molecule has 0 aromatic heterocycles. The molecule has 1 aromatic carbocycles. The molecule has 0 bridgehead atoms. The fourth-order valence-corrected chi connectivity index (χ4v) is 6.40. The maximum Gasteiger partial charge on any atom is 0.178 e. The second-order valence-corrected chi connectivity index (χ2v) is 10.4. The minimum absolute atomic E-state index is 0.0584. The van der Waals surface area contributed by atoms with Crippen LogP contribution in [0.2, 0.25) is 0 Å². The van der Waals surface area contributed by atoms with E-state index >= 15 is 0 Å². The van der Waals surface area contributed by atoms with Gasteiger partial charge in [0.15, 0.2) is 9.84 Å². The normalized spacial score (nSPS) is 30.5. The molecule has 0 saturated carbocycles. The van der Waals surface area contributed by atoms with Crippen molar-refractivity contribution in [3.05, 3.63) is 48.2 Å². The summed E-state index contributed by atoms with van der Waals surface area (Å²) < 4.78 is 38.7. The zero-order chi connectivity index (χ0) is 19.5. The highest BCUT2D eigenvalue weighted by atomic mass is 127. The first-order valence-electron chi connectivity index (χ1n) is 9.41. The van der Waals surface area contributed by atoms with Gasteiger partial charge in [0.25, 0.3) is 0 Å². The van der Waals surface area contributed by atoms with E-state index in [4.69, 9.17) is 9.47 Å². The predicted molar refractivity (Wildman–Crippen MR) is 115 cm³/mol. The summed E-state index contributed by atoms with van der Waals surface area (Å²) in [6, 6.07) is 8.64. The van der Waals surface area contributed by atoms with E-state index in [-0.39, 0.29) is 29.7 Å². The van der Waals surface area contributed by atoms with E-state index in [0.717, 1.165) is 35.7 Å². The third-order valence-electron chi connectivity index (χ3n) is 5.54. The van der Waals surface area contributed by atoms with Gasteiger partial charge in [-0.25, -0.2) is 8.42 Å². The van der Waals surface area contributed by atoms with Crippen molar-refractivity contribution in [1.82, 2.24) is 0 Å². The number of hydrogen-bond acceptors (Lipinski definition) is 4. The molecule has 0 radical (unpaired) electrons. The van der Waals surface area contributed by atoms with Crippen molar-refractivity contribution >= 4 is 32.4 Å². The monoisotopic (exact) mass is 502 g/mol. The first kappa shape index (κ1) is 21.1. The van der Waals surface area contributed by atoms with Gasteiger partial charge in [0.2, 0.25) is 0 Å². The lowest BCUT2D eigenvalue weighted by molar-refractivity contribution is -0.151. The van der Waals surface area contributed by atoms with Crippen molar-refractivity contribution in [2.24, 2.45) is 0 Å². The maximum absolute atomic E-state index is 12.6. The van der Waals surface area contributed by atoms with Crippen LogP contribution in [-0.2, 0) is 19.3 Å².